The molecule has 0 spiro atoms. The molecule has 5 aromatic rings. The quantitative estimate of drug-likeness (QED) is 0.0332. The van der Waals surface area contributed by atoms with Crippen LogP contribution in [0.4, 0.5) is 37.7 Å². The van der Waals surface area contributed by atoms with E-state index in [1.807, 2.05) is 0 Å². The molecule has 0 bridgehead atoms. The maximum atomic E-state index is 15.4. The summed E-state index contributed by atoms with van der Waals surface area (Å²) in [5.74, 6) is -1.94. The molecule has 1 aliphatic rings. The largest absolute Gasteiger partial charge is 0.491 e. The highest BCUT2D eigenvalue weighted by Gasteiger charge is 2.51. The third-order valence-electron chi connectivity index (χ3n) is 10.5. The Morgan fingerprint density at radius 3 is 2.00 bits per heavy atom. The van der Waals surface area contributed by atoms with Gasteiger partial charge in [-0.25, -0.2) is 13.2 Å². The molecule has 6 rings (SSSR count). The zero-order valence-electron chi connectivity index (χ0n) is 37.3. The number of aliphatic hydroxyl groups is 1. The first-order valence-corrected chi connectivity index (χ1v) is 21.8. The van der Waals surface area contributed by atoms with Gasteiger partial charge in [-0.3, -0.25) is 14.5 Å². The standard InChI is InChI=1S/C49H47F6N5O8S/c1-48(2)46(63)59(36-12-7-33(26-56)41(23-36)49(53,54)55)47(69)60(48)37-13-15-40(42(52)24-37)45(62)58-18-20-65-22-21-64-19-17-57-27-38(61)30-66-39-14-16-43(67-28-31-3-8-34(50)9-4-31)44(25-39)68-29-32-5-10-35(51)11-6-32/h3-16,23-25,38,57,61H,17-22,27-30H2,1-2H3,(H,58,62)/t38-/m1/s1. The van der Waals surface area contributed by atoms with Gasteiger partial charge in [-0.05, 0) is 110 Å². The van der Waals surface area contributed by atoms with Crippen molar-refractivity contribution in [2.75, 3.05) is 62.5 Å². The summed E-state index contributed by atoms with van der Waals surface area (Å²) in [4.78, 5) is 28.5. The SMILES string of the molecule is CC1(C)C(=O)N(c2ccc(C#N)c(C(F)(F)F)c2)C(=S)N1c1ccc(C(=O)NCCOCCOCCNC[C@@H](O)COc2ccc(OCc3ccc(F)cc3)c(OCc3ccc(F)cc3)c2)c(F)c1. The van der Waals surface area contributed by atoms with E-state index >= 15 is 4.39 Å². The van der Waals surface area contributed by atoms with Gasteiger partial charge in [0.2, 0.25) is 0 Å². The molecule has 2 amide bonds. The van der Waals surface area contributed by atoms with Crippen LogP contribution in [0, 0.1) is 28.8 Å². The second-order valence-corrected chi connectivity index (χ2v) is 16.3. The van der Waals surface area contributed by atoms with E-state index in [2.05, 4.69) is 10.6 Å². The maximum Gasteiger partial charge on any atom is 0.417 e. The first-order chi connectivity index (χ1) is 33.0. The van der Waals surface area contributed by atoms with Crippen molar-refractivity contribution in [2.45, 2.75) is 44.9 Å². The minimum atomic E-state index is -4.88. The van der Waals surface area contributed by atoms with Crippen molar-refractivity contribution in [1.29, 1.82) is 5.26 Å². The van der Waals surface area contributed by atoms with Crippen molar-refractivity contribution in [3.05, 3.63) is 148 Å². The number of anilines is 2. The van der Waals surface area contributed by atoms with Crippen molar-refractivity contribution in [3.63, 3.8) is 0 Å². The highest BCUT2D eigenvalue weighted by atomic mass is 32.1. The molecule has 0 aromatic heterocycles. The zero-order valence-corrected chi connectivity index (χ0v) is 38.1. The Morgan fingerprint density at radius 2 is 1.39 bits per heavy atom. The molecule has 0 saturated carbocycles. The van der Waals surface area contributed by atoms with Gasteiger partial charge >= 0.3 is 6.18 Å². The number of nitrogens with one attached hydrogen (secondary N) is 2. The van der Waals surface area contributed by atoms with E-state index in [9.17, 15) is 36.6 Å². The van der Waals surface area contributed by atoms with Crippen LogP contribution in [0.3, 0.4) is 0 Å². The number of nitriles is 1. The van der Waals surface area contributed by atoms with Gasteiger partial charge in [0.15, 0.2) is 16.6 Å². The molecular weight excluding hydrogens is 933 g/mol. The number of rotatable bonds is 23. The molecule has 1 aliphatic heterocycles. The van der Waals surface area contributed by atoms with E-state index < -0.39 is 46.6 Å². The molecule has 20 heteroatoms. The van der Waals surface area contributed by atoms with E-state index in [0.29, 0.717) is 36.5 Å². The molecule has 1 saturated heterocycles. The Morgan fingerprint density at radius 1 is 0.783 bits per heavy atom. The molecule has 1 fully saturated rings. The monoisotopic (exact) mass is 979 g/mol. The summed E-state index contributed by atoms with van der Waals surface area (Å²) in [6.07, 6.45) is -5.75. The topological polar surface area (TPSA) is 155 Å². The number of thiocarbonyl (C=S) groups is 1. The number of carbonyl (C=O) groups is 2. The number of nitrogens with zero attached hydrogens (tertiary/aromatic N) is 3. The third-order valence-corrected chi connectivity index (χ3v) is 10.9. The smallest absolute Gasteiger partial charge is 0.417 e. The van der Waals surface area contributed by atoms with E-state index in [-0.39, 0.29) is 86.4 Å². The zero-order chi connectivity index (χ0) is 49.7. The summed E-state index contributed by atoms with van der Waals surface area (Å²) in [5.41, 5.74) is -2.31. The number of carbonyl (C=O) groups excluding carboxylic acids is 2. The molecule has 0 unspecified atom stereocenters. The third kappa shape index (κ3) is 13.7. The van der Waals surface area contributed by atoms with Crippen LogP contribution in [0.1, 0.15) is 46.5 Å². The first kappa shape index (κ1) is 51.6. The van der Waals surface area contributed by atoms with E-state index in [1.54, 1.807) is 42.5 Å². The lowest BCUT2D eigenvalue weighted by Gasteiger charge is -2.29. The number of aliphatic hydroxyl groups excluding tert-OH is 1. The van der Waals surface area contributed by atoms with Crippen molar-refractivity contribution >= 4 is 40.5 Å². The minimum absolute atomic E-state index is 0.0402. The van der Waals surface area contributed by atoms with Crippen LogP contribution in [0.5, 0.6) is 17.2 Å². The number of amides is 2. The first-order valence-electron chi connectivity index (χ1n) is 21.4. The summed E-state index contributed by atoms with van der Waals surface area (Å²) in [7, 11) is 0. The summed E-state index contributed by atoms with van der Waals surface area (Å²) < 4.78 is 112. The normalized spacial score (nSPS) is 13.9. The van der Waals surface area contributed by atoms with Crippen molar-refractivity contribution in [3.8, 4) is 23.3 Å². The average Bonchev–Trinajstić information content (AvgIpc) is 3.50. The molecule has 13 nitrogen and oxygen atoms in total. The van der Waals surface area contributed by atoms with Crippen molar-refractivity contribution in [2.24, 2.45) is 0 Å². The van der Waals surface area contributed by atoms with Crippen molar-refractivity contribution in [1.82, 2.24) is 10.6 Å². The predicted octanol–water partition coefficient (Wildman–Crippen LogP) is 7.86. The molecule has 5 aromatic carbocycles. The minimum Gasteiger partial charge on any atom is -0.491 e. The van der Waals surface area contributed by atoms with Crippen LogP contribution in [-0.2, 0) is 33.7 Å². The number of hydrogen-bond donors (Lipinski definition) is 3. The predicted molar refractivity (Wildman–Crippen MR) is 245 cm³/mol. The number of benzene rings is 5. The van der Waals surface area contributed by atoms with Crippen LogP contribution in [0.2, 0.25) is 0 Å². The summed E-state index contributed by atoms with van der Waals surface area (Å²) in [6.45, 7) is 4.64. The number of hydrogen-bond acceptors (Lipinski definition) is 11. The van der Waals surface area contributed by atoms with Crippen LogP contribution in [0.25, 0.3) is 0 Å². The van der Waals surface area contributed by atoms with Crippen LogP contribution >= 0.6 is 12.2 Å². The Labute approximate surface area is 399 Å². The van der Waals surface area contributed by atoms with Crippen LogP contribution < -0.4 is 34.6 Å². The highest BCUT2D eigenvalue weighted by Crippen LogP contribution is 2.40. The van der Waals surface area contributed by atoms with Gasteiger partial charge in [0.25, 0.3) is 11.8 Å². The summed E-state index contributed by atoms with van der Waals surface area (Å²) >= 11 is 5.50. The Kier molecular flexibility index (Phi) is 17.6. The van der Waals surface area contributed by atoms with E-state index in [4.69, 9.17) is 41.2 Å². The maximum absolute atomic E-state index is 15.4. The van der Waals surface area contributed by atoms with Gasteiger partial charge in [0, 0.05) is 31.4 Å². The lowest BCUT2D eigenvalue weighted by molar-refractivity contribution is -0.137. The second kappa shape index (κ2) is 23.5. The lowest BCUT2D eigenvalue weighted by Crippen LogP contribution is -2.44. The average molecular weight is 980 g/mol. The number of halogens is 6. The molecular formula is C49H47F6N5O8S. The Balaban J connectivity index is 0.867. The van der Waals surface area contributed by atoms with E-state index in [1.165, 1.54) is 67.3 Å². The molecule has 364 valence electrons. The second-order valence-electron chi connectivity index (χ2n) is 15.9. The molecule has 3 N–H and O–H groups in total. The van der Waals surface area contributed by atoms with Gasteiger partial charge in [-0.2, -0.15) is 18.4 Å². The van der Waals surface area contributed by atoms with Gasteiger partial charge in [-0.15, -0.1) is 0 Å². The summed E-state index contributed by atoms with van der Waals surface area (Å²) in [6, 6.07) is 24.5. The number of ether oxygens (including phenoxy) is 5. The molecule has 0 radical (unpaired) electrons. The van der Waals surface area contributed by atoms with Gasteiger partial charge < -0.3 is 44.3 Å². The Hall–Kier alpha value is -6.76. The fraction of sp³-hybridized carbons (Fsp3) is 0.306. The fourth-order valence-electron chi connectivity index (χ4n) is 6.90. The summed E-state index contributed by atoms with van der Waals surface area (Å²) in [5, 5.41) is 25.1. The fourth-order valence-corrected chi connectivity index (χ4v) is 7.42. The highest BCUT2D eigenvalue weighted by molar-refractivity contribution is 7.81. The number of alkyl halides is 3. The lowest BCUT2D eigenvalue weighted by atomic mass is 10.0. The van der Waals surface area contributed by atoms with Crippen LogP contribution in [-0.4, -0.2) is 86.3 Å². The van der Waals surface area contributed by atoms with Crippen molar-refractivity contribution < 1.29 is 64.7 Å². The molecule has 0 aliphatic carbocycles. The van der Waals surface area contributed by atoms with Gasteiger partial charge in [0.05, 0.1) is 54.9 Å². The molecule has 1 heterocycles. The van der Waals surface area contributed by atoms with Gasteiger partial charge in [-0.1, -0.05) is 24.3 Å². The molecule has 1 atom stereocenters. The van der Waals surface area contributed by atoms with Crippen LogP contribution in [0.15, 0.2) is 103 Å². The van der Waals surface area contributed by atoms with Gasteiger partial charge in [0.1, 0.15) is 54.7 Å². The Bertz CT molecular complexity index is 2630. The molecule has 69 heavy (non-hydrogen) atoms. The van der Waals surface area contributed by atoms with E-state index in [0.717, 1.165) is 28.2 Å².